The van der Waals surface area contributed by atoms with Crippen molar-refractivity contribution in [2.45, 2.75) is 0 Å². The molecule has 0 atom stereocenters. The van der Waals surface area contributed by atoms with Crippen LogP contribution in [0.2, 0.25) is 5.02 Å². The van der Waals surface area contributed by atoms with Crippen molar-refractivity contribution >= 4 is 61.3 Å². The molecule has 0 aliphatic heterocycles. The first-order valence-electron chi connectivity index (χ1n) is 9.07. The van der Waals surface area contributed by atoms with Crippen LogP contribution in [0.5, 0.6) is 0 Å². The maximum atomic E-state index is 13.5. The lowest BCUT2D eigenvalue weighted by Gasteiger charge is -2.19. The molecule has 0 saturated carbocycles. The van der Waals surface area contributed by atoms with Crippen LogP contribution in [0.3, 0.4) is 0 Å². The number of H-pyrrole nitrogens is 1. The van der Waals surface area contributed by atoms with Crippen LogP contribution in [-0.4, -0.2) is 27.8 Å². The van der Waals surface area contributed by atoms with Crippen molar-refractivity contribution < 1.29 is 9.18 Å². The van der Waals surface area contributed by atoms with Crippen LogP contribution in [-0.2, 0) is 0 Å². The van der Waals surface area contributed by atoms with Gasteiger partial charge in [0.2, 0.25) is 5.78 Å². The molecular formula is C22H14ClFN4OS. The number of aromatic amines is 1. The van der Waals surface area contributed by atoms with Crippen LogP contribution in [0.25, 0.3) is 21.1 Å². The summed E-state index contributed by atoms with van der Waals surface area (Å²) in [4.78, 5) is 28.0. The number of hydrogen-bond acceptors (Lipinski definition) is 5. The number of aromatic nitrogens is 3. The van der Waals surface area contributed by atoms with Gasteiger partial charge < -0.3 is 9.88 Å². The summed E-state index contributed by atoms with van der Waals surface area (Å²) >= 11 is 7.24. The molecule has 0 aliphatic rings. The maximum absolute atomic E-state index is 13.5. The Morgan fingerprint density at radius 2 is 1.97 bits per heavy atom. The van der Waals surface area contributed by atoms with E-state index in [-0.39, 0.29) is 10.8 Å². The Kier molecular flexibility index (Phi) is 4.49. The molecule has 8 heteroatoms. The monoisotopic (exact) mass is 436 g/mol. The van der Waals surface area contributed by atoms with Gasteiger partial charge in [0, 0.05) is 23.6 Å². The average Bonchev–Trinajstić information content (AvgIpc) is 3.38. The van der Waals surface area contributed by atoms with Gasteiger partial charge in [-0.3, -0.25) is 4.79 Å². The first kappa shape index (κ1) is 18.7. The van der Waals surface area contributed by atoms with Crippen molar-refractivity contribution in [2.75, 3.05) is 11.9 Å². The van der Waals surface area contributed by atoms with E-state index in [2.05, 4.69) is 15.0 Å². The second-order valence-electron chi connectivity index (χ2n) is 6.78. The number of nitrogens with one attached hydrogen (secondary N) is 1. The molecule has 0 amide bonds. The van der Waals surface area contributed by atoms with Gasteiger partial charge in [-0.15, -0.1) is 11.3 Å². The molecule has 148 valence electrons. The number of hydrogen-bond donors (Lipinski definition) is 1. The van der Waals surface area contributed by atoms with Crippen LogP contribution in [0.15, 0.2) is 60.9 Å². The Labute approximate surface area is 179 Å². The van der Waals surface area contributed by atoms with E-state index in [1.54, 1.807) is 17.0 Å². The zero-order valence-electron chi connectivity index (χ0n) is 15.7. The average molecular weight is 437 g/mol. The van der Waals surface area contributed by atoms with Crippen LogP contribution >= 0.6 is 22.9 Å². The minimum Gasteiger partial charge on any atom is -0.352 e. The van der Waals surface area contributed by atoms with E-state index in [1.165, 1.54) is 29.8 Å². The number of rotatable bonds is 4. The second-order valence-corrected chi connectivity index (χ2v) is 8.22. The minimum absolute atomic E-state index is 0.0321. The highest BCUT2D eigenvalue weighted by atomic mass is 35.5. The Hall–Kier alpha value is -3.29. The molecule has 3 heterocycles. The summed E-state index contributed by atoms with van der Waals surface area (Å²) in [5.41, 5.74) is 2.11. The normalized spacial score (nSPS) is 11.3. The number of anilines is 2. The lowest BCUT2D eigenvalue weighted by Crippen LogP contribution is -2.11. The number of benzene rings is 2. The van der Waals surface area contributed by atoms with E-state index in [1.807, 2.05) is 37.4 Å². The van der Waals surface area contributed by atoms with E-state index in [0.29, 0.717) is 26.9 Å². The summed E-state index contributed by atoms with van der Waals surface area (Å²) < 4.78 is 13.5. The molecule has 0 aliphatic carbocycles. The van der Waals surface area contributed by atoms with Gasteiger partial charge in [-0.25, -0.2) is 14.4 Å². The van der Waals surface area contributed by atoms with Gasteiger partial charge in [-0.05, 0) is 36.4 Å². The molecule has 0 spiro atoms. The fourth-order valence-corrected chi connectivity index (χ4v) is 4.49. The minimum atomic E-state index is -0.483. The smallest absolute Gasteiger partial charge is 0.219 e. The third-order valence-corrected chi connectivity index (χ3v) is 6.25. The SMILES string of the molecule is CN(c1ccc(F)c(Cl)c1)c1ncnc2sc(C(=O)c3cc4ccccc4[nH]3)cc12. The largest absolute Gasteiger partial charge is 0.352 e. The number of para-hydroxylation sites is 1. The quantitative estimate of drug-likeness (QED) is 0.353. The molecule has 5 aromatic rings. The zero-order chi connectivity index (χ0) is 20.8. The predicted molar refractivity (Wildman–Crippen MR) is 119 cm³/mol. The predicted octanol–water partition coefficient (Wildman–Crippen LogP) is 5.96. The van der Waals surface area contributed by atoms with Crippen molar-refractivity contribution in [2.24, 2.45) is 0 Å². The fourth-order valence-electron chi connectivity index (χ4n) is 3.37. The first-order chi connectivity index (χ1) is 14.5. The summed E-state index contributed by atoms with van der Waals surface area (Å²) in [5, 5.41) is 1.75. The Bertz CT molecular complexity index is 1390. The summed E-state index contributed by atoms with van der Waals surface area (Å²) in [6.07, 6.45) is 1.45. The van der Waals surface area contributed by atoms with Gasteiger partial charge in [0.05, 0.1) is 21.0 Å². The molecule has 0 radical (unpaired) electrons. The third kappa shape index (κ3) is 3.12. The van der Waals surface area contributed by atoms with E-state index in [0.717, 1.165) is 16.3 Å². The van der Waals surface area contributed by atoms with Crippen molar-refractivity contribution in [1.82, 2.24) is 15.0 Å². The third-order valence-electron chi connectivity index (χ3n) is 4.91. The number of ketones is 1. The summed E-state index contributed by atoms with van der Waals surface area (Å²) in [6, 6.07) is 15.9. The topological polar surface area (TPSA) is 61.9 Å². The first-order valence-corrected chi connectivity index (χ1v) is 10.3. The Morgan fingerprint density at radius 3 is 2.77 bits per heavy atom. The lowest BCUT2D eigenvalue weighted by atomic mass is 10.2. The highest BCUT2D eigenvalue weighted by Gasteiger charge is 2.19. The second kappa shape index (κ2) is 7.19. The highest BCUT2D eigenvalue weighted by Crippen LogP contribution is 2.35. The molecule has 5 rings (SSSR count). The van der Waals surface area contributed by atoms with E-state index in [9.17, 15) is 9.18 Å². The Morgan fingerprint density at radius 1 is 1.13 bits per heavy atom. The van der Waals surface area contributed by atoms with Gasteiger partial charge in [-0.2, -0.15) is 0 Å². The fraction of sp³-hybridized carbons (Fsp3) is 0.0455. The summed E-state index contributed by atoms with van der Waals surface area (Å²) in [6.45, 7) is 0. The maximum Gasteiger partial charge on any atom is 0.219 e. The van der Waals surface area contributed by atoms with Gasteiger partial charge in [0.15, 0.2) is 0 Å². The van der Waals surface area contributed by atoms with Crippen molar-refractivity contribution in [3.63, 3.8) is 0 Å². The molecule has 0 saturated heterocycles. The van der Waals surface area contributed by atoms with E-state index in [4.69, 9.17) is 11.6 Å². The van der Waals surface area contributed by atoms with Crippen molar-refractivity contribution in [1.29, 1.82) is 0 Å². The molecule has 30 heavy (non-hydrogen) atoms. The lowest BCUT2D eigenvalue weighted by molar-refractivity contribution is 0.103. The molecule has 0 fully saturated rings. The van der Waals surface area contributed by atoms with Crippen LogP contribution in [0, 0.1) is 5.82 Å². The number of halogens is 2. The molecule has 0 unspecified atom stereocenters. The number of nitrogens with zero attached hydrogens (tertiary/aromatic N) is 3. The van der Waals surface area contributed by atoms with Crippen LogP contribution < -0.4 is 4.90 Å². The van der Waals surface area contributed by atoms with Gasteiger partial charge >= 0.3 is 0 Å². The molecule has 2 aromatic carbocycles. The molecule has 0 bridgehead atoms. The summed E-state index contributed by atoms with van der Waals surface area (Å²) in [7, 11) is 1.81. The Balaban J connectivity index is 1.56. The van der Waals surface area contributed by atoms with Crippen LogP contribution in [0.1, 0.15) is 15.4 Å². The standard InChI is InChI=1S/C22H14ClFN4OS/c1-28(13-6-7-16(24)15(23)9-13)21-14-10-19(30-22(14)26-11-25-21)20(29)18-8-12-4-2-3-5-17(12)27-18/h2-11,27H,1H3. The molecule has 3 aromatic heterocycles. The van der Waals surface area contributed by atoms with Gasteiger partial charge in [0.1, 0.15) is 22.8 Å². The van der Waals surface area contributed by atoms with Crippen molar-refractivity contribution in [3.05, 3.63) is 82.3 Å². The number of carbonyl (C=O) groups excluding carboxylic acids is 1. The van der Waals surface area contributed by atoms with Gasteiger partial charge in [-0.1, -0.05) is 29.8 Å². The molecule has 5 nitrogen and oxygen atoms in total. The van der Waals surface area contributed by atoms with Gasteiger partial charge in [0.25, 0.3) is 0 Å². The molecule has 1 N–H and O–H groups in total. The molecular weight excluding hydrogens is 423 g/mol. The van der Waals surface area contributed by atoms with E-state index >= 15 is 0 Å². The zero-order valence-corrected chi connectivity index (χ0v) is 17.3. The van der Waals surface area contributed by atoms with Crippen molar-refractivity contribution in [3.8, 4) is 0 Å². The number of thiophene rings is 1. The highest BCUT2D eigenvalue weighted by molar-refractivity contribution is 7.20. The van der Waals surface area contributed by atoms with Crippen LogP contribution in [0.4, 0.5) is 15.9 Å². The summed E-state index contributed by atoms with van der Waals surface area (Å²) in [5.74, 6) is 0.0191. The number of carbonyl (C=O) groups is 1. The number of fused-ring (bicyclic) bond motifs is 2. The van der Waals surface area contributed by atoms with E-state index < -0.39 is 5.82 Å².